The van der Waals surface area contributed by atoms with Gasteiger partial charge in [0.2, 0.25) is 0 Å². The molecule has 1 aromatic rings. The van der Waals surface area contributed by atoms with Gasteiger partial charge < -0.3 is 10.5 Å². The van der Waals surface area contributed by atoms with E-state index in [0.29, 0.717) is 12.6 Å². The highest BCUT2D eigenvalue weighted by Gasteiger charge is 2.20. The lowest BCUT2D eigenvalue weighted by molar-refractivity contribution is 0.156. The van der Waals surface area contributed by atoms with Crippen molar-refractivity contribution in [2.75, 3.05) is 20.3 Å². The second-order valence-corrected chi connectivity index (χ2v) is 4.29. The van der Waals surface area contributed by atoms with E-state index in [2.05, 4.69) is 23.0 Å². The molecular formula is C12H19N3O. The van der Waals surface area contributed by atoms with Gasteiger partial charge in [0.05, 0.1) is 12.3 Å². The number of likely N-dealkylation sites (N-methyl/N-ethyl adjacent to an activating group) is 1. The highest BCUT2D eigenvalue weighted by Crippen LogP contribution is 2.14. The fourth-order valence-electron chi connectivity index (χ4n) is 2.02. The zero-order valence-electron chi connectivity index (χ0n) is 9.72. The first-order chi connectivity index (χ1) is 7.79. The molecule has 2 N–H and O–H groups in total. The van der Waals surface area contributed by atoms with Gasteiger partial charge >= 0.3 is 0 Å². The Morgan fingerprint density at radius 2 is 2.50 bits per heavy atom. The summed E-state index contributed by atoms with van der Waals surface area (Å²) in [7, 11) is 2.14. The third-order valence-corrected chi connectivity index (χ3v) is 3.05. The summed E-state index contributed by atoms with van der Waals surface area (Å²) < 4.78 is 5.39. The Morgan fingerprint density at radius 1 is 1.62 bits per heavy atom. The maximum absolute atomic E-state index is 5.58. The van der Waals surface area contributed by atoms with Crippen LogP contribution < -0.4 is 5.73 Å². The number of ether oxygens (including phenoxy) is 1. The number of nitrogens with zero attached hydrogens (tertiary/aromatic N) is 2. The maximum atomic E-state index is 5.58. The molecule has 1 aromatic heterocycles. The highest BCUT2D eigenvalue weighted by molar-refractivity contribution is 5.16. The predicted molar refractivity (Wildman–Crippen MR) is 62.8 cm³/mol. The molecule has 0 amide bonds. The molecule has 1 aliphatic heterocycles. The minimum absolute atomic E-state index is 0.504. The SMILES string of the molecule is CN(Cc1ccnc(CN)c1)C1CCOC1. The first-order valence-electron chi connectivity index (χ1n) is 5.71. The second kappa shape index (κ2) is 5.39. The molecule has 2 rings (SSSR count). The summed E-state index contributed by atoms with van der Waals surface area (Å²) in [5.74, 6) is 0. The monoisotopic (exact) mass is 221 g/mol. The van der Waals surface area contributed by atoms with Crippen LogP contribution in [-0.2, 0) is 17.8 Å². The molecule has 1 saturated heterocycles. The van der Waals surface area contributed by atoms with Crippen LogP contribution in [0.5, 0.6) is 0 Å². The van der Waals surface area contributed by atoms with Crippen LogP contribution in [0.2, 0.25) is 0 Å². The van der Waals surface area contributed by atoms with E-state index in [1.807, 2.05) is 12.3 Å². The lowest BCUT2D eigenvalue weighted by Gasteiger charge is -2.22. The van der Waals surface area contributed by atoms with Gasteiger partial charge in [-0.25, -0.2) is 0 Å². The van der Waals surface area contributed by atoms with E-state index < -0.39 is 0 Å². The lowest BCUT2D eigenvalue weighted by Crippen LogP contribution is -2.31. The summed E-state index contributed by atoms with van der Waals surface area (Å²) in [5.41, 5.74) is 7.80. The molecule has 0 spiro atoms. The van der Waals surface area contributed by atoms with Crippen LogP contribution in [0.1, 0.15) is 17.7 Å². The Kier molecular flexibility index (Phi) is 3.88. The molecule has 0 radical (unpaired) electrons. The van der Waals surface area contributed by atoms with Crippen molar-refractivity contribution in [3.8, 4) is 0 Å². The van der Waals surface area contributed by atoms with Crippen molar-refractivity contribution >= 4 is 0 Å². The Bertz CT molecular complexity index is 337. The van der Waals surface area contributed by atoms with Gasteiger partial charge in [-0.05, 0) is 31.2 Å². The number of hydrogen-bond acceptors (Lipinski definition) is 4. The van der Waals surface area contributed by atoms with Crippen LogP contribution in [0.3, 0.4) is 0 Å². The normalized spacial score (nSPS) is 20.6. The smallest absolute Gasteiger partial charge is 0.0622 e. The van der Waals surface area contributed by atoms with Gasteiger partial charge in [0, 0.05) is 31.9 Å². The molecule has 1 fully saturated rings. The number of hydrogen-bond donors (Lipinski definition) is 1. The summed E-state index contributed by atoms with van der Waals surface area (Å²) in [4.78, 5) is 6.53. The van der Waals surface area contributed by atoms with Gasteiger partial charge in [0.1, 0.15) is 0 Å². The van der Waals surface area contributed by atoms with Gasteiger partial charge in [-0.2, -0.15) is 0 Å². The zero-order valence-corrected chi connectivity index (χ0v) is 9.72. The molecule has 1 atom stereocenters. The Hall–Kier alpha value is -0.970. The first kappa shape index (κ1) is 11.5. The number of pyridine rings is 1. The lowest BCUT2D eigenvalue weighted by atomic mass is 10.1. The first-order valence-corrected chi connectivity index (χ1v) is 5.71. The van der Waals surface area contributed by atoms with Crippen molar-refractivity contribution in [1.29, 1.82) is 0 Å². The topological polar surface area (TPSA) is 51.4 Å². The summed E-state index contributed by atoms with van der Waals surface area (Å²) >= 11 is 0. The molecule has 16 heavy (non-hydrogen) atoms. The van der Waals surface area contributed by atoms with Crippen LogP contribution in [-0.4, -0.2) is 36.2 Å². The molecule has 4 heteroatoms. The van der Waals surface area contributed by atoms with Crippen LogP contribution in [0.15, 0.2) is 18.3 Å². The Labute approximate surface area is 96.4 Å². The average Bonchev–Trinajstić information content (AvgIpc) is 2.83. The molecule has 88 valence electrons. The highest BCUT2D eigenvalue weighted by atomic mass is 16.5. The molecular weight excluding hydrogens is 202 g/mol. The molecule has 0 saturated carbocycles. The molecule has 0 aromatic carbocycles. The molecule has 1 unspecified atom stereocenters. The minimum atomic E-state index is 0.504. The van der Waals surface area contributed by atoms with Crippen LogP contribution >= 0.6 is 0 Å². The Morgan fingerprint density at radius 3 is 3.19 bits per heavy atom. The van der Waals surface area contributed by atoms with E-state index in [4.69, 9.17) is 10.5 Å². The van der Waals surface area contributed by atoms with E-state index in [9.17, 15) is 0 Å². The second-order valence-electron chi connectivity index (χ2n) is 4.29. The summed E-state index contributed by atoms with van der Waals surface area (Å²) in [6.07, 6.45) is 2.96. The third-order valence-electron chi connectivity index (χ3n) is 3.05. The van der Waals surface area contributed by atoms with Crippen LogP contribution in [0.4, 0.5) is 0 Å². The quantitative estimate of drug-likeness (QED) is 0.815. The molecule has 0 bridgehead atoms. The van der Waals surface area contributed by atoms with Crippen molar-refractivity contribution in [3.63, 3.8) is 0 Å². The average molecular weight is 221 g/mol. The van der Waals surface area contributed by atoms with E-state index >= 15 is 0 Å². The summed E-state index contributed by atoms with van der Waals surface area (Å²) in [5, 5.41) is 0. The fourth-order valence-corrected chi connectivity index (χ4v) is 2.02. The predicted octanol–water partition coefficient (Wildman–Crippen LogP) is 0.761. The van der Waals surface area contributed by atoms with Gasteiger partial charge in [-0.1, -0.05) is 0 Å². The van der Waals surface area contributed by atoms with Crippen LogP contribution in [0.25, 0.3) is 0 Å². The standard InChI is InChI=1S/C12H19N3O/c1-15(12-3-5-16-9-12)8-10-2-4-14-11(6-10)7-13/h2,4,6,12H,3,5,7-9,13H2,1H3. The number of rotatable bonds is 4. The van der Waals surface area contributed by atoms with Crippen molar-refractivity contribution in [1.82, 2.24) is 9.88 Å². The van der Waals surface area contributed by atoms with E-state index in [0.717, 1.165) is 31.9 Å². The molecule has 0 aliphatic carbocycles. The van der Waals surface area contributed by atoms with Gasteiger partial charge in [-0.3, -0.25) is 9.88 Å². The molecule has 4 nitrogen and oxygen atoms in total. The van der Waals surface area contributed by atoms with Crippen LogP contribution in [0, 0.1) is 0 Å². The van der Waals surface area contributed by atoms with Crippen molar-refractivity contribution < 1.29 is 4.74 Å². The van der Waals surface area contributed by atoms with E-state index in [1.165, 1.54) is 5.56 Å². The fraction of sp³-hybridized carbons (Fsp3) is 0.583. The van der Waals surface area contributed by atoms with Crippen molar-refractivity contribution in [3.05, 3.63) is 29.6 Å². The zero-order chi connectivity index (χ0) is 11.4. The minimum Gasteiger partial charge on any atom is -0.380 e. The molecule has 1 aliphatic rings. The number of nitrogens with two attached hydrogens (primary N) is 1. The van der Waals surface area contributed by atoms with Gasteiger partial charge in [0.25, 0.3) is 0 Å². The molecule has 2 heterocycles. The third kappa shape index (κ3) is 2.78. The summed E-state index contributed by atoms with van der Waals surface area (Å²) in [6, 6.07) is 4.67. The van der Waals surface area contributed by atoms with E-state index in [-0.39, 0.29) is 0 Å². The number of aromatic nitrogens is 1. The maximum Gasteiger partial charge on any atom is 0.0622 e. The van der Waals surface area contributed by atoms with Crippen molar-refractivity contribution in [2.24, 2.45) is 5.73 Å². The van der Waals surface area contributed by atoms with Gasteiger partial charge in [0.15, 0.2) is 0 Å². The van der Waals surface area contributed by atoms with Crippen molar-refractivity contribution in [2.45, 2.75) is 25.6 Å². The largest absolute Gasteiger partial charge is 0.380 e. The van der Waals surface area contributed by atoms with E-state index in [1.54, 1.807) is 0 Å². The van der Waals surface area contributed by atoms with Gasteiger partial charge in [-0.15, -0.1) is 0 Å². The Balaban J connectivity index is 1.96. The summed E-state index contributed by atoms with van der Waals surface area (Å²) in [6.45, 7) is 3.18.